The number of aromatic nitrogens is 1. The number of benzene rings is 1. The van der Waals surface area contributed by atoms with Crippen LogP contribution in [0.25, 0.3) is 11.1 Å². The molecule has 0 amide bonds. The number of aliphatic hydroxyl groups is 1. The second kappa shape index (κ2) is 5.85. The Morgan fingerprint density at radius 1 is 1.55 bits per heavy atom. The second-order valence-corrected chi connectivity index (χ2v) is 4.20. The summed E-state index contributed by atoms with van der Waals surface area (Å²) < 4.78 is 11.2. The van der Waals surface area contributed by atoms with E-state index in [1.165, 1.54) is 18.2 Å². The normalized spacial score (nSPS) is 12.7. The first kappa shape index (κ1) is 14.2. The molecule has 1 atom stereocenters. The molecule has 0 fully saturated rings. The van der Waals surface area contributed by atoms with Gasteiger partial charge in [-0.15, -0.1) is 0 Å². The zero-order valence-electron chi connectivity index (χ0n) is 10.8. The van der Waals surface area contributed by atoms with Crippen LogP contribution in [0.3, 0.4) is 0 Å². The van der Waals surface area contributed by atoms with E-state index in [-0.39, 0.29) is 29.9 Å². The van der Waals surface area contributed by atoms with Crippen molar-refractivity contribution in [2.45, 2.75) is 19.6 Å². The molecule has 0 saturated heterocycles. The van der Waals surface area contributed by atoms with Gasteiger partial charge in [0.1, 0.15) is 0 Å². The molecule has 0 radical (unpaired) electrons. The van der Waals surface area contributed by atoms with Gasteiger partial charge in [0.2, 0.25) is 0 Å². The first-order valence-corrected chi connectivity index (χ1v) is 6.06. The van der Waals surface area contributed by atoms with Gasteiger partial charge in [-0.2, -0.15) is 0 Å². The van der Waals surface area contributed by atoms with Gasteiger partial charge in [0, 0.05) is 18.7 Å². The van der Waals surface area contributed by atoms with Crippen LogP contribution in [0.15, 0.2) is 27.4 Å². The Morgan fingerprint density at radius 2 is 2.30 bits per heavy atom. The second-order valence-electron chi connectivity index (χ2n) is 4.20. The van der Waals surface area contributed by atoms with E-state index in [0.29, 0.717) is 6.61 Å². The minimum absolute atomic E-state index is 0.0486. The van der Waals surface area contributed by atoms with E-state index in [1.54, 1.807) is 6.92 Å². The Hall–Kier alpha value is -2.19. The van der Waals surface area contributed by atoms with E-state index in [4.69, 9.17) is 9.15 Å². The van der Waals surface area contributed by atoms with Crippen LogP contribution in [0.4, 0.5) is 5.69 Å². The van der Waals surface area contributed by atoms with Crippen LogP contribution in [0, 0.1) is 10.1 Å². The predicted octanol–water partition coefficient (Wildman–Crippen LogP) is 0.900. The number of nitro benzene ring substituents is 1. The fraction of sp³-hybridized carbons (Fsp3) is 0.417. The van der Waals surface area contributed by atoms with E-state index in [9.17, 15) is 20.0 Å². The number of nitro groups is 1. The Bertz CT molecular complexity index is 674. The van der Waals surface area contributed by atoms with Crippen LogP contribution >= 0.6 is 0 Å². The smallest absolute Gasteiger partial charge is 0.408 e. The highest BCUT2D eigenvalue weighted by Gasteiger charge is 2.16. The highest BCUT2D eigenvalue weighted by Crippen LogP contribution is 2.20. The van der Waals surface area contributed by atoms with E-state index < -0.39 is 16.8 Å². The topological polar surface area (TPSA) is 108 Å². The number of oxazole rings is 1. The van der Waals surface area contributed by atoms with Gasteiger partial charge in [0.15, 0.2) is 5.58 Å². The Morgan fingerprint density at radius 3 is 2.95 bits per heavy atom. The highest BCUT2D eigenvalue weighted by molar-refractivity contribution is 5.75. The van der Waals surface area contributed by atoms with Crippen molar-refractivity contribution in [2.24, 2.45) is 0 Å². The summed E-state index contributed by atoms with van der Waals surface area (Å²) in [6.07, 6.45) is -0.896. The average molecular weight is 282 g/mol. The first-order chi connectivity index (χ1) is 9.52. The highest BCUT2D eigenvalue weighted by atomic mass is 16.6. The van der Waals surface area contributed by atoms with Gasteiger partial charge in [0.25, 0.3) is 5.69 Å². The van der Waals surface area contributed by atoms with Gasteiger partial charge in [-0.25, -0.2) is 4.79 Å². The zero-order valence-corrected chi connectivity index (χ0v) is 10.8. The minimum Gasteiger partial charge on any atom is -0.408 e. The third-order valence-corrected chi connectivity index (χ3v) is 2.77. The number of hydrogen-bond acceptors (Lipinski definition) is 6. The molecule has 0 aliphatic carbocycles. The number of ether oxygens (including phenoxy) is 1. The lowest BCUT2D eigenvalue weighted by Gasteiger charge is -2.10. The number of aliphatic hydroxyl groups excluding tert-OH is 1. The maximum absolute atomic E-state index is 11.7. The van der Waals surface area contributed by atoms with Crippen LogP contribution in [-0.2, 0) is 11.3 Å². The summed E-state index contributed by atoms with van der Waals surface area (Å²) in [4.78, 5) is 21.9. The molecule has 108 valence electrons. The summed E-state index contributed by atoms with van der Waals surface area (Å²) in [5.41, 5.74) is 0.371. The molecule has 1 heterocycles. The van der Waals surface area contributed by atoms with Gasteiger partial charge in [-0.1, -0.05) is 0 Å². The van der Waals surface area contributed by atoms with E-state index in [0.717, 1.165) is 4.57 Å². The molecule has 2 rings (SSSR count). The van der Waals surface area contributed by atoms with Crippen LogP contribution < -0.4 is 5.76 Å². The Labute approximate surface area is 113 Å². The van der Waals surface area contributed by atoms with Crippen LogP contribution in [-0.4, -0.2) is 33.9 Å². The van der Waals surface area contributed by atoms with E-state index >= 15 is 0 Å². The van der Waals surface area contributed by atoms with Crippen molar-refractivity contribution in [1.82, 2.24) is 4.57 Å². The molecule has 1 aromatic heterocycles. The number of fused-ring (bicyclic) bond motifs is 1. The number of hydrogen-bond donors (Lipinski definition) is 1. The lowest BCUT2D eigenvalue weighted by molar-refractivity contribution is -0.384. The molecule has 2 aromatic rings. The molecular formula is C12H14N2O6. The van der Waals surface area contributed by atoms with Crippen LogP contribution in [0.2, 0.25) is 0 Å². The SMILES string of the molecule is CCOCC(O)Cn1c(=O)oc2ccc([N+](=O)[O-])cc21. The number of rotatable bonds is 6. The largest absolute Gasteiger partial charge is 0.420 e. The third-order valence-electron chi connectivity index (χ3n) is 2.77. The van der Waals surface area contributed by atoms with Gasteiger partial charge in [0.05, 0.1) is 29.7 Å². The molecular weight excluding hydrogens is 268 g/mol. The summed E-state index contributed by atoms with van der Waals surface area (Å²) in [6.45, 7) is 2.26. The molecule has 20 heavy (non-hydrogen) atoms. The molecule has 0 saturated carbocycles. The van der Waals surface area contributed by atoms with Crippen molar-refractivity contribution in [2.75, 3.05) is 13.2 Å². The summed E-state index contributed by atoms with van der Waals surface area (Å²) in [5.74, 6) is -0.670. The monoisotopic (exact) mass is 282 g/mol. The van der Waals surface area contributed by atoms with E-state index in [2.05, 4.69) is 0 Å². The van der Waals surface area contributed by atoms with Crippen LogP contribution in [0.1, 0.15) is 6.92 Å². The fourth-order valence-electron chi connectivity index (χ4n) is 1.85. The van der Waals surface area contributed by atoms with Crippen molar-refractivity contribution in [3.8, 4) is 0 Å². The maximum Gasteiger partial charge on any atom is 0.420 e. The molecule has 1 unspecified atom stereocenters. The molecule has 1 N–H and O–H groups in total. The molecule has 0 aliphatic heterocycles. The molecule has 8 nitrogen and oxygen atoms in total. The molecule has 8 heteroatoms. The summed E-state index contributed by atoms with van der Waals surface area (Å²) >= 11 is 0. The molecule has 0 bridgehead atoms. The lowest BCUT2D eigenvalue weighted by Crippen LogP contribution is -2.27. The van der Waals surface area contributed by atoms with Crippen molar-refractivity contribution in [1.29, 1.82) is 0 Å². The lowest BCUT2D eigenvalue weighted by atomic mass is 10.3. The zero-order chi connectivity index (χ0) is 14.7. The molecule has 0 aliphatic rings. The van der Waals surface area contributed by atoms with Gasteiger partial charge < -0.3 is 14.3 Å². The van der Waals surface area contributed by atoms with Gasteiger partial charge in [-0.3, -0.25) is 14.7 Å². The summed E-state index contributed by atoms with van der Waals surface area (Å²) in [7, 11) is 0. The standard InChI is InChI=1S/C12H14N2O6/c1-2-19-7-9(15)6-13-10-5-8(14(17)18)3-4-11(10)20-12(13)16/h3-5,9,15H,2,6-7H2,1H3. The van der Waals surface area contributed by atoms with Crippen molar-refractivity contribution < 1.29 is 19.2 Å². The molecule has 0 spiro atoms. The minimum atomic E-state index is -0.896. The molecule has 1 aromatic carbocycles. The van der Waals surface area contributed by atoms with Gasteiger partial charge >= 0.3 is 5.76 Å². The quantitative estimate of drug-likeness (QED) is 0.623. The summed E-state index contributed by atoms with van der Waals surface area (Å²) in [5, 5.41) is 20.5. The number of nitrogens with zero attached hydrogens (tertiary/aromatic N) is 2. The van der Waals surface area contributed by atoms with Crippen LogP contribution in [0.5, 0.6) is 0 Å². The maximum atomic E-state index is 11.7. The fourth-order valence-corrected chi connectivity index (χ4v) is 1.85. The summed E-state index contributed by atoms with van der Waals surface area (Å²) in [6, 6.07) is 3.86. The Kier molecular flexibility index (Phi) is 4.16. The predicted molar refractivity (Wildman–Crippen MR) is 69.6 cm³/mol. The first-order valence-electron chi connectivity index (χ1n) is 6.06. The van der Waals surface area contributed by atoms with Gasteiger partial charge in [-0.05, 0) is 13.0 Å². The third kappa shape index (κ3) is 2.86. The van der Waals surface area contributed by atoms with Crippen molar-refractivity contribution >= 4 is 16.8 Å². The average Bonchev–Trinajstić information content (AvgIpc) is 2.72. The Balaban J connectivity index is 2.36. The van der Waals surface area contributed by atoms with E-state index in [1.807, 2.05) is 0 Å². The van der Waals surface area contributed by atoms with Crippen molar-refractivity contribution in [3.63, 3.8) is 0 Å². The number of non-ortho nitro benzene ring substituents is 1. The van der Waals surface area contributed by atoms with Crippen molar-refractivity contribution in [3.05, 3.63) is 38.9 Å².